The molecular formula is C8H9F7O. The summed E-state index contributed by atoms with van der Waals surface area (Å²) in [5.74, 6) is -11.4. The molecule has 1 atom stereocenters. The number of hydrogen-bond donors (Lipinski definition) is 1. The van der Waals surface area contributed by atoms with Crippen molar-refractivity contribution < 1.29 is 35.8 Å². The molecule has 1 unspecified atom stereocenters. The molecule has 0 aromatic carbocycles. The first-order chi connectivity index (χ1) is 6.90. The lowest BCUT2D eigenvalue weighted by atomic mass is 9.87. The highest BCUT2D eigenvalue weighted by atomic mass is 19.4. The highest BCUT2D eigenvalue weighted by Gasteiger charge is 2.83. The number of alkyl halides is 7. The zero-order chi connectivity index (χ0) is 13.0. The van der Waals surface area contributed by atoms with E-state index in [0.717, 1.165) is 6.92 Å². The Balaban J connectivity index is 3.12. The molecule has 1 aliphatic rings. The maximum Gasteiger partial charge on any atom is 0.459 e. The van der Waals surface area contributed by atoms with Gasteiger partial charge in [0.1, 0.15) is 0 Å². The van der Waals surface area contributed by atoms with Crippen molar-refractivity contribution in [3.63, 3.8) is 0 Å². The van der Waals surface area contributed by atoms with Gasteiger partial charge < -0.3 is 5.11 Å². The SMILES string of the molecule is CC(O)C1(C(F)(F)C(F)(F)C(F)(F)F)CC1. The Morgan fingerprint density at radius 1 is 1.00 bits per heavy atom. The van der Waals surface area contributed by atoms with E-state index in [9.17, 15) is 30.7 Å². The van der Waals surface area contributed by atoms with E-state index in [4.69, 9.17) is 5.11 Å². The molecule has 96 valence electrons. The predicted molar refractivity (Wildman–Crippen MR) is 39.3 cm³/mol. The molecule has 0 aromatic rings. The zero-order valence-corrected chi connectivity index (χ0v) is 8.08. The van der Waals surface area contributed by atoms with E-state index in [-0.39, 0.29) is 0 Å². The van der Waals surface area contributed by atoms with Crippen LogP contribution in [0.15, 0.2) is 0 Å². The quantitative estimate of drug-likeness (QED) is 0.767. The Labute approximate surface area is 86.2 Å². The smallest absolute Gasteiger partial charge is 0.393 e. The van der Waals surface area contributed by atoms with Gasteiger partial charge in [-0.1, -0.05) is 0 Å². The summed E-state index contributed by atoms with van der Waals surface area (Å²) in [6.45, 7) is 0.785. The third kappa shape index (κ3) is 1.49. The maximum absolute atomic E-state index is 13.2. The molecule has 1 fully saturated rings. The second-order valence-corrected chi connectivity index (χ2v) is 3.98. The molecule has 1 rings (SSSR count). The van der Waals surface area contributed by atoms with Crippen LogP contribution < -0.4 is 0 Å². The fourth-order valence-corrected chi connectivity index (χ4v) is 1.62. The molecule has 0 aromatic heterocycles. The van der Waals surface area contributed by atoms with E-state index >= 15 is 0 Å². The molecular weight excluding hydrogens is 245 g/mol. The van der Waals surface area contributed by atoms with Crippen LogP contribution in [0.3, 0.4) is 0 Å². The van der Waals surface area contributed by atoms with E-state index < -0.39 is 42.4 Å². The van der Waals surface area contributed by atoms with Gasteiger partial charge in [-0.05, 0) is 19.8 Å². The van der Waals surface area contributed by atoms with Gasteiger partial charge in [0.2, 0.25) is 0 Å². The van der Waals surface area contributed by atoms with Crippen LogP contribution in [0.2, 0.25) is 0 Å². The van der Waals surface area contributed by atoms with Crippen molar-refractivity contribution in [2.45, 2.75) is 43.9 Å². The average molecular weight is 254 g/mol. The van der Waals surface area contributed by atoms with Gasteiger partial charge in [-0.25, -0.2) is 0 Å². The second-order valence-electron chi connectivity index (χ2n) is 3.98. The van der Waals surface area contributed by atoms with Crippen molar-refractivity contribution in [2.24, 2.45) is 5.41 Å². The topological polar surface area (TPSA) is 20.2 Å². The Kier molecular flexibility index (Phi) is 2.74. The van der Waals surface area contributed by atoms with Crippen LogP contribution in [0.1, 0.15) is 19.8 Å². The minimum atomic E-state index is -6.33. The van der Waals surface area contributed by atoms with Crippen molar-refractivity contribution in [1.82, 2.24) is 0 Å². The van der Waals surface area contributed by atoms with Crippen LogP contribution in [0.25, 0.3) is 0 Å². The van der Waals surface area contributed by atoms with E-state index in [1.54, 1.807) is 0 Å². The van der Waals surface area contributed by atoms with Gasteiger partial charge in [0, 0.05) is 0 Å². The fraction of sp³-hybridized carbons (Fsp3) is 1.00. The maximum atomic E-state index is 13.2. The molecule has 0 saturated heterocycles. The first-order valence-corrected chi connectivity index (χ1v) is 4.40. The predicted octanol–water partition coefficient (Wildman–Crippen LogP) is 2.98. The van der Waals surface area contributed by atoms with E-state index in [0.29, 0.717) is 0 Å². The van der Waals surface area contributed by atoms with Crippen molar-refractivity contribution in [3.8, 4) is 0 Å². The molecule has 0 spiro atoms. The minimum Gasteiger partial charge on any atom is -0.393 e. The van der Waals surface area contributed by atoms with Crippen LogP contribution in [0.5, 0.6) is 0 Å². The summed E-state index contributed by atoms with van der Waals surface area (Å²) < 4.78 is 87.1. The van der Waals surface area contributed by atoms with Gasteiger partial charge in [-0.3, -0.25) is 0 Å². The molecule has 0 bridgehead atoms. The molecule has 0 amide bonds. The molecule has 16 heavy (non-hydrogen) atoms. The summed E-state index contributed by atoms with van der Waals surface area (Å²) in [4.78, 5) is 0. The summed E-state index contributed by atoms with van der Waals surface area (Å²) in [6, 6.07) is 0. The summed E-state index contributed by atoms with van der Waals surface area (Å²) in [7, 11) is 0. The highest BCUT2D eigenvalue weighted by molar-refractivity contribution is 5.13. The van der Waals surface area contributed by atoms with Crippen molar-refractivity contribution in [2.75, 3.05) is 0 Å². The molecule has 1 nitrogen and oxygen atoms in total. The Hall–Kier alpha value is -0.530. The Morgan fingerprint density at radius 3 is 1.56 bits per heavy atom. The largest absolute Gasteiger partial charge is 0.459 e. The third-order valence-electron chi connectivity index (χ3n) is 2.96. The van der Waals surface area contributed by atoms with E-state index in [1.807, 2.05) is 0 Å². The van der Waals surface area contributed by atoms with Crippen molar-refractivity contribution in [1.29, 1.82) is 0 Å². The van der Waals surface area contributed by atoms with Crippen LogP contribution in [0, 0.1) is 5.41 Å². The zero-order valence-electron chi connectivity index (χ0n) is 8.08. The molecule has 1 N–H and O–H groups in total. The van der Waals surface area contributed by atoms with Gasteiger partial charge in [0.15, 0.2) is 0 Å². The summed E-state index contributed by atoms with van der Waals surface area (Å²) >= 11 is 0. The van der Waals surface area contributed by atoms with Crippen LogP contribution in [-0.4, -0.2) is 29.2 Å². The van der Waals surface area contributed by atoms with Crippen LogP contribution in [0.4, 0.5) is 30.7 Å². The van der Waals surface area contributed by atoms with Gasteiger partial charge in [-0.15, -0.1) is 0 Å². The number of halogens is 7. The normalized spacial score (nSPS) is 23.1. The van der Waals surface area contributed by atoms with Crippen LogP contribution >= 0.6 is 0 Å². The monoisotopic (exact) mass is 254 g/mol. The lowest BCUT2D eigenvalue weighted by molar-refractivity contribution is -0.374. The lowest BCUT2D eigenvalue weighted by Crippen LogP contribution is -2.58. The summed E-state index contributed by atoms with van der Waals surface area (Å²) in [6.07, 6.45) is -9.36. The third-order valence-corrected chi connectivity index (χ3v) is 2.96. The van der Waals surface area contributed by atoms with Crippen LogP contribution in [-0.2, 0) is 0 Å². The average Bonchev–Trinajstić information content (AvgIpc) is 2.80. The summed E-state index contributed by atoms with van der Waals surface area (Å²) in [5, 5.41) is 8.93. The van der Waals surface area contributed by atoms with E-state index in [1.165, 1.54) is 0 Å². The van der Waals surface area contributed by atoms with Gasteiger partial charge >= 0.3 is 18.0 Å². The van der Waals surface area contributed by atoms with Crippen molar-refractivity contribution >= 4 is 0 Å². The number of aliphatic hydroxyl groups excluding tert-OH is 1. The van der Waals surface area contributed by atoms with Crippen molar-refractivity contribution in [3.05, 3.63) is 0 Å². The first-order valence-electron chi connectivity index (χ1n) is 4.40. The molecule has 1 saturated carbocycles. The number of hydrogen-bond acceptors (Lipinski definition) is 1. The van der Waals surface area contributed by atoms with Gasteiger partial charge in [0.05, 0.1) is 11.5 Å². The molecule has 1 aliphatic carbocycles. The minimum absolute atomic E-state index is 0.552. The first kappa shape index (κ1) is 13.5. The number of aliphatic hydroxyl groups is 1. The molecule has 8 heteroatoms. The molecule has 0 radical (unpaired) electrons. The Morgan fingerprint density at radius 2 is 1.38 bits per heavy atom. The molecule has 0 aliphatic heterocycles. The lowest BCUT2D eigenvalue weighted by Gasteiger charge is -2.35. The van der Waals surface area contributed by atoms with Gasteiger partial charge in [0.25, 0.3) is 0 Å². The standard InChI is InChI=1S/C8H9F7O/c1-4(16)5(2-3-5)6(9,10)7(11,12)8(13,14)15/h4,16H,2-3H2,1H3. The van der Waals surface area contributed by atoms with E-state index in [2.05, 4.69) is 0 Å². The summed E-state index contributed by atoms with van der Waals surface area (Å²) in [5.41, 5.74) is -2.66. The Bertz CT molecular complexity index is 277. The highest BCUT2D eigenvalue weighted by Crippen LogP contribution is 2.66. The van der Waals surface area contributed by atoms with Gasteiger partial charge in [-0.2, -0.15) is 30.7 Å². The fourth-order valence-electron chi connectivity index (χ4n) is 1.62. The second kappa shape index (κ2) is 3.24. The molecule has 0 heterocycles. The number of rotatable bonds is 3.